The summed E-state index contributed by atoms with van der Waals surface area (Å²) in [5.74, 6) is -0.810. The van der Waals surface area contributed by atoms with Crippen molar-refractivity contribution in [3.8, 4) is 0 Å². The van der Waals surface area contributed by atoms with Gasteiger partial charge in [0, 0.05) is 11.4 Å². The van der Waals surface area contributed by atoms with Crippen molar-refractivity contribution in [2.75, 3.05) is 0 Å². The van der Waals surface area contributed by atoms with Crippen LogP contribution in [0.2, 0.25) is 5.02 Å². The maximum absolute atomic E-state index is 13.6. The predicted molar refractivity (Wildman–Crippen MR) is 70.6 cm³/mol. The molecule has 2 rings (SSSR count). The molecule has 0 saturated carbocycles. The van der Waals surface area contributed by atoms with Crippen LogP contribution in [0.1, 0.15) is 21.5 Å². The molecule has 18 heavy (non-hydrogen) atoms. The Balaban J connectivity index is 2.22. The summed E-state index contributed by atoms with van der Waals surface area (Å²) in [5.41, 5.74) is 2.05. The number of carbonyl (C=O) groups excluding carboxylic acids is 1. The zero-order chi connectivity index (χ0) is 13.1. The SMILES string of the molecule is Cc1cccc(CC(=O)c2ccc(Cl)cc2F)c1. The molecular formula is C15H12ClFO. The van der Waals surface area contributed by atoms with Gasteiger partial charge in [-0.25, -0.2) is 4.39 Å². The molecule has 92 valence electrons. The summed E-state index contributed by atoms with van der Waals surface area (Å²) in [4.78, 5) is 12.0. The number of hydrogen-bond donors (Lipinski definition) is 0. The molecule has 0 aromatic heterocycles. The van der Waals surface area contributed by atoms with E-state index >= 15 is 0 Å². The van der Waals surface area contributed by atoms with Crippen LogP contribution in [0, 0.1) is 12.7 Å². The highest BCUT2D eigenvalue weighted by atomic mass is 35.5. The monoisotopic (exact) mass is 262 g/mol. The van der Waals surface area contributed by atoms with Crippen molar-refractivity contribution in [2.45, 2.75) is 13.3 Å². The van der Waals surface area contributed by atoms with Crippen LogP contribution in [-0.2, 0) is 6.42 Å². The first-order valence-electron chi connectivity index (χ1n) is 5.60. The third-order valence-corrected chi connectivity index (χ3v) is 2.91. The van der Waals surface area contributed by atoms with Crippen LogP contribution >= 0.6 is 11.6 Å². The molecule has 0 aliphatic carbocycles. The maximum Gasteiger partial charge on any atom is 0.170 e. The third-order valence-electron chi connectivity index (χ3n) is 2.68. The number of carbonyl (C=O) groups is 1. The van der Waals surface area contributed by atoms with E-state index in [4.69, 9.17) is 11.6 Å². The topological polar surface area (TPSA) is 17.1 Å². The molecule has 2 aromatic rings. The Morgan fingerprint density at radius 1 is 1.22 bits per heavy atom. The summed E-state index contributed by atoms with van der Waals surface area (Å²) < 4.78 is 13.6. The van der Waals surface area contributed by atoms with Gasteiger partial charge in [0.15, 0.2) is 5.78 Å². The third kappa shape index (κ3) is 2.96. The van der Waals surface area contributed by atoms with E-state index in [-0.39, 0.29) is 17.8 Å². The lowest BCUT2D eigenvalue weighted by atomic mass is 10.0. The molecule has 0 aliphatic rings. The molecule has 0 spiro atoms. The fourth-order valence-electron chi connectivity index (χ4n) is 1.82. The van der Waals surface area contributed by atoms with Crippen molar-refractivity contribution < 1.29 is 9.18 Å². The second kappa shape index (κ2) is 5.32. The minimum Gasteiger partial charge on any atom is -0.294 e. The summed E-state index contributed by atoms with van der Waals surface area (Å²) in [5, 5.41) is 0.291. The highest BCUT2D eigenvalue weighted by Gasteiger charge is 2.12. The minimum absolute atomic E-state index is 0.0842. The molecule has 0 bridgehead atoms. The van der Waals surface area contributed by atoms with E-state index in [1.807, 2.05) is 31.2 Å². The van der Waals surface area contributed by atoms with Gasteiger partial charge in [0.05, 0.1) is 5.56 Å². The summed E-state index contributed by atoms with van der Waals surface area (Å²) in [6.07, 6.45) is 0.195. The van der Waals surface area contributed by atoms with E-state index < -0.39 is 5.82 Å². The Kier molecular flexibility index (Phi) is 3.78. The van der Waals surface area contributed by atoms with Gasteiger partial charge in [0.1, 0.15) is 5.82 Å². The van der Waals surface area contributed by atoms with Crippen molar-refractivity contribution in [2.24, 2.45) is 0 Å². The Hall–Kier alpha value is -1.67. The zero-order valence-electron chi connectivity index (χ0n) is 9.91. The van der Waals surface area contributed by atoms with E-state index in [9.17, 15) is 9.18 Å². The number of hydrogen-bond acceptors (Lipinski definition) is 1. The quantitative estimate of drug-likeness (QED) is 0.757. The molecule has 0 saturated heterocycles. The molecule has 0 N–H and O–H groups in total. The van der Waals surface area contributed by atoms with E-state index in [0.717, 1.165) is 17.2 Å². The van der Waals surface area contributed by atoms with Crippen molar-refractivity contribution in [3.63, 3.8) is 0 Å². The van der Waals surface area contributed by atoms with Crippen LogP contribution in [0.4, 0.5) is 4.39 Å². The van der Waals surface area contributed by atoms with Gasteiger partial charge in [-0.1, -0.05) is 41.4 Å². The summed E-state index contributed by atoms with van der Waals surface area (Å²) in [6.45, 7) is 1.96. The standard InChI is InChI=1S/C15H12ClFO/c1-10-3-2-4-11(7-10)8-15(18)13-6-5-12(16)9-14(13)17/h2-7,9H,8H2,1H3. The predicted octanol–water partition coefficient (Wildman–Crippen LogP) is 4.21. The second-order valence-corrected chi connectivity index (χ2v) is 4.65. The lowest BCUT2D eigenvalue weighted by Crippen LogP contribution is -2.06. The van der Waals surface area contributed by atoms with Crippen LogP contribution in [0.15, 0.2) is 42.5 Å². The van der Waals surface area contributed by atoms with Gasteiger partial charge in [-0.05, 0) is 30.7 Å². The Morgan fingerprint density at radius 3 is 2.67 bits per heavy atom. The molecule has 0 fully saturated rings. The summed E-state index contributed by atoms with van der Waals surface area (Å²) >= 11 is 5.65. The van der Waals surface area contributed by atoms with Gasteiger partial charge in [-0.15, -0.1) is 0 Å². The molecule has 0 heterocycles. The first-order valence-corrected chi connectivity index (χ1v) is 5.98. The fraction of sp³-hybridized carbons (Fsp3) is 0.133. The van der Waals surface area contributed by atoms with Crippen LogP contribution in [0.25, 0.3) is 0 Å². The number of Topliss-reactive ketones (excluding diaryl/α,β-unsaturated/α-hetero) is 1. The van der Waals surface area contributed by atoms with E-state index in [1.54, 1.807) is 0 Å². The maximum atomic E-state index is 13.6. The number of aryl methyl sites for hydroxylation is 1. The molecule has 2 aromatic carbocycles. The molecule has 0 amide bonds. The van der Waals surface area contributed by atoms with Crippen molar-refractivity contribution >= 4 is 17.4 Å². The Labute approximate surface area is 110 Å². The van der Waals surface area contributed by atoms with Crippen LogP contribution in [-0.4, -0.2) is 5.78 Å². The molecule has 0 radical (unpaired) electrons. The Bertz CT molecular complexity index is 593. The highest BCUT2D eigenvalue weighted by molar-refractivity contribution is 6.30. The number of rotatable bonds is 3. The van der Waals surface area contributed by atoms with Crippen LogP contribution < -0.4 is 0 Å². The number of halogens is 2. The molecule has 3 heteroatoms. The van der Waals surface area contributed by atoms with Gasteiger partial charge in [-0.2, -0.15) is 0 Å². The van der Waals surface area contributed by atoms with Crippen molar-refractivity contribution in [1.82, 2.24) is 0 Å². The van der Waals surface area contributed by atoms with Crippen LogP contribution in [0.3, 0.4) is 0 Å². The molecule has 1 nitrogen and oxygen atoms in total. The average Bonchev–Trinajstić information content (AvgIpc) is 2.28. The highest BCUT2D eigenvalue weighted by Crippen LogP contribution is 2.17. The van der Waals surface area contributed by atoms with Gasteiger partial charge in [0.2, 0.25) is 0 Å². The lowest BCUT2D eigenvalue weighted by Gasteiger charge is -2.04. The lowest BCUT2D eigenvalue weighted by molar-refractivity contribution is 0.0989. The molecule has 0 unspecified atom stereocenters. The summed E-state index contributed by atoms with van der Waals surface area (Å²) in [7, 11) is 0. The molecule has 0 atom stereocenters. The van der Waals surface area contributed by atoms with Crippen molar-refractivity contribution in [3.05, 3.63) is 70.0 Å². The normalized spacial score (nSPS) is 10.4. The van der Waals surface area contributed by atoms with E-state index in [2.05, 4.69) is 0 Å². The van der Waals surface area contributed by atoms with E-state index in [0.29, 0.717) is 5.02 Å². The molecular weight excluding hydrogens is 251 g/mol. The van der Waals surface area contributed by atoms with Gasteiger partial charge < -0.3 is 0 Å². The van der Waals surface area contributed by atoms with Gasteiger partial charge in [-0.3, -0.25) is 4.79 Å². The number of benzene rings is 2. The van der Waals surface area contributed by atoms with Gasteiger partial charge in [0.25, 0.3) is 0 Å². The first kappa shape index (κ1) is 12.8. The number of ketones is 1. The van der Waals surface area contributed by atoms with Crippen molar-refractivity contribution in [1.29, 1.82) is 0 Å². The largest absolute Gasteiger partial charge is 0.294 e. The zero-order valence-corrected chi connectivity index (χ0v) is 10.7. The van der Waals surface area contributed by atoms with Gasteiger partial charge >= 0.3 is 0 Å². The van der Waals surface area contributed by atoms with E-state index in [1.165, 1.54) is 12.1 Å². The summed E-state index contributed by atoms with van der Waals surface area (Å²) in [6, 6.07) is 11.7. The first-order chi connectivity index (χ1) is 8.56. The fourth-order valence-corrected chi connectivity index (χ4v) is 1.98. The second-order valence-electron chi connectivity index (χ2n) is 4.21. The Morgan fingerprint density at radius 2 is 2.00 bits per heavy atom. The minimum atomic E-state index is -0.569. The smallest absolute Gasteiger partial charge is 0.170 e. The average molecular weight is 263 g/mol. The molecule has 0 aliphatic heterocycles. The van der Waals surface area contributed by atoms with Crippen LogP contribution in [0.5, 0.6) is 0 Å².